The van der Waals surface area contributed by atoms with Gasteiger partial charge in [-0.3, -0.25) is 9.69 Å². The van der Waals surface area contributed by atoms with Gasteiger partial charge < -0.3 is 20.1 Å². The SMILES string of the molecule is COCC1(C(=O)Nc2ccc(OCCN3CCCC3)c(C)c2)CCNCC1. The van der Waals surface area contributed by atoms with Crippen LogP contribution in [-0.2, 0) is 9.53 Å². The summed E-state index contributed by atoms with van der Waals surface area (Å²) in [6.45, 7) is 8.23. The average molecular weight is 376 g/mol. The lowest BCUT2D eigenvalue weighted by molar-refractivity contribution is -0.130. The first-order valence-corrected chi connectivity index (χ1v) is 10.1. The lowest BCUT2D eigenvalue weighted by atomic mass is 9.78. The molecule has 1 aromatic rings. The van der Waals surface area contributed by atoms with Crippen LogP contribution < -0.4 is 15.4 Å². The van der Waals surface area contributed by atoms with Crippen molar-refractivity contribution in [2.45, 2.75) is 32.6 Å². The molecule has 1 amide bonds. The number of rotatable bonds is 8. The molecular weight excluding hydrogens is 342 g/mol. The lowest BCUT2D eigenvalue weighted by Crippen LogP contribution is -2.47. The third-order valence-corrected chi connectivity index (χ3v) is 5.76. The molecule has 2 saturated heterocycles. The highest BCUT2D eigenvalue weighted by Crippen LogP contribution is 2.31. The summed E-state index contributed by atoms with van der Waals surface area (Å²) in [6, 6.07) is 5.88. The molecule has 2 heterocycles. The fourth-order valence-electron chi connectivity index (χ4n) is 4.06. The number of likely N-dealkylation sites (tertiary alicyclic amines) is 1. The molecule has 0 bridgehead atoms. The Morgan fingerprint density at radius 2 is 2.00 bits per heavy atom. The molecule has 0 spiro atoms. The molecule has 0 unspecified atom stereocenters. The third kappa shape index (κ3) is 5.21. The zero-order chi connectivity index (χ0) is 19.1. The molecule has 2 N–H and O–H groups in total. The van der Waals surface area contributed by atoms with Gasteiger partial charge >= 0.3 is 0 Å². The molecule has 27 heavy (non-hydrogen) atoms. The lowest BCUT2D eigenvalue weighted by Gasteiger charge is -2.35. The highest BCUT2D eigenvalue weighted by Gasteiger charge is 2.39. The van der Waals surface area contributed by atoms with Crippen LogP contribution in [0.25, 0.3) is 0 Å². The van der Waals surface area contributed by atoms with Crippen molar-refractivity contribution >= 4 is 11.6 Å². The second-order valence-electron chi connectivity index (χ2n) is 7.79. The summed E-state index contributed by atoms with van der Waals surface area (Å²) < 4.78 is 11.3. The Balaban J connectivity index is 1.56. The molecule has 1 aromatic carbocycles. The summed E-state index contributed by atoms with van der Waals surface area (Å²) in [6.07, 6.45) is 4.19. The van der Waals surface area contributed by atoms with Crippen molar-refractivity contribution in [2.24, 2.45) is 5.41 Å². The fraction of sp³-hybridized carbons (Fsp3) is 0.667. The molecule has 2 aliphatic rings. The number of hydrogen-bond acceptors (Lipinski definition) is 5. The van der Waals surface area contributed by atoms with Gasteiger partial charge in [0.2, 0.25) is 5.91 Å². The van der Waals surface area contributed by atoms with E-state index in [0.717, 1.165) is 49.5 Å². The number of anilines is 1. The van der Waals surface area contributed by atoms with Gasteiger partial charge in [0.15, 0.2) is 0 Å². The van der Waals surface area contributed by atoms with E-state index >= 15 is 0 Å². The van der Waals surface area contributed by atoms with E-state index in [0.29, 0.717) is 13.2 Å². The Hall–Kier alpha value is -1.63. The molecule has 150 valence electrons. The van der Waals surface area contributed by atoms with Crippen LogP contribution in [0.5, 0.6) is 5.75 Å². The van der Waals surface area contributed by atoms with E-state index in [1.807, 2.05) is 25.1 Å². The molecule has 2 fully saturated rings. The van der Waals surface area contributed by atoms with Crippen molar-refractivity contribution in [1.29, 1.82) is 0 Å². The number of carbonyl (C=O) groups excluding carboxylic acids is 1. The maximum Gasteiger partial charge on any atom is 0.233 e. The number of carbonyl (C=O) groups is 1. The predicted molar refractivity (Wildman–Crippen MR) is 107 cm³/mol. The minimum atomic E-state index is -0.446. The first-order valence-electron chi connectivity index (χ1n) is 10.1. The van der Waals surface area contributed by atoms with E-state index in [4.69, 9.17) is 9.47 Å². The molecule has 0 radical (unpaired) electrons. The summed E-state index contributed by atoms with van der Waals surface area (Å²) in [5.41, 5.74) is 1.41. The maximum atomic E-state index is 12.9. The van der Waals surface area contributed by atoms with Crippen LogP contribution in [0.3, 0.4) is 0 Å². The first kappa shape index (κ1) is 20.1. The van der Waals surface area contributed by atoms with Gasteiger partial charge in [-0.1, -0.05) is 0 Å². The quantitative estimate of drug-likeness (QED) is 0.731. The van der Waals surface area contributed by atoms with Gasteiger partial charge in [0, 0.05) is 19.3 Å². The summed E-state index contributed by atoms with van der Waals surface area (Å²) in [5.74, 6) is 0.939. The van der Waals surface area contributed by atoms with Crippen molar-refractivity contribution in [3.63, 3.8) is 0 Å². The number of methoxy groups -OCH3 is 1. The molecule has 0 aromatic heterocycles. The van der Waals surface area contributed by atoms with E-state index < -0.39 is 5.41 Å². The van der Waals surface area contributed by atoms with Crippen LogP contribution in [0.15, 0.2) is 18.2 Å². The third-order valence-electron chi connectivity index (χ3n) is 5.76. The molecule has 6 heteroatoms. The van der Waals surface area contributed by atoms with E-state index in [2.05, 4.69) is 15.5 Å². The summed E-state index contributed by atoms with van der Waals surface area (Å²) in [5, 5.41) is 6.41. The second-order valence-corrected chi connectivity index (χ2v) is 7.79. The van der Waals surface area contributed by atoms with Crippen LogP contribution in [0.1, 0.15) is 31.2 Å². The highest BCUT2D eigenvalue weighted by atomic mass is 16.5. The predicted octanol–water partition coefficient (Wildman–Crippen LogP) is 2.42. The molecule has 0 aliphatic carbocycles. The number of piperidine rings is 1. The van der Waals surface area contributed by atoms with Crippen molar-refractivity contribution in [1.82, 2.24) is 10.2 Å². The molecule has 3 rings (SSSR count). The minimum absolute atomic E-state index is 0.0490. The molecule has 0 saturated carbocycles. The smallest absolute Gasteiger partial charge is 0.233 e. The second kappa shape index (κ2) is 9.53. The monoisotopic (exact) mass is 375 g/mol. The average Bonchev–Trinajstić information content (AvgIpc) is 3.18. The van der Waals surface area contributed by atoms with Gasteiger partial charge in [0.1, 0.15) is 12.4 Å². The number of aryl methyl sites for hydroxylation is 1. The van der Waals surface area contributed by atoms with Gasteiger partial charge in [-0.05, 0) is 82.5 Å². The standard InChI is InChI=1S/C21H33N3O3/c1-17-15-18(5-6-19(17)27-14-13-24-11-3-4-12-24)23-20(25)21(16-26-2)7-9-22-10-8-21/h5-6,15,22H,3-4,7-14,16H2,1-2H3,(H,23,25). The minimum Gasteiger partial charge on any atom is -0.492 e. The van der Waals surface area contributed by atoms with Crippen molar-refractivity contribution in [2.75, 3.05) is 58.4 Å². The summed E-state index contributed by atoms with van der Waals surface area (Å²) in [7, 11) is 1.66. The number of nitrogens with one attached hydrogen (secondary N) is 2. The zero-order valence-corrected chi connectivity index (χ0v) is 16.7. The van der Waals surface area contributed by atoms with Crippen molar-refractivity contribution < 1.29 is 14.3 Å². The maximum absolute atomic E-state index is 12.9. The number of nitrogens with zero attached hydrogens (tertiary/aromatic N) is 1. The zero-order valence-electron chi connectivity index (χ0n) is 16.7. The van der Waals surface area contributed by atoms with Gasteiger partial charge in [-0.25, -0.2) is 0 Å². The van der Waals surface area contributed by atoms with Crippen molar-refractivity contribution in [3.05, 3.63) is 23.8 Å². The Labute approximate surface area is 162 Å². The van der Waals surface area contributed by atoms with Crippen LogP contribution in [0, 0.1) is 12.3 Å². The molecule has 2 aliphatic heterocycles. The van der Waals surface area contributed by atoms with E-state index in [-0.39, 0.29) is 5.91 Å². The van der Waals surface area contributed by atoms with E-state index in [1.54, 1.807) is 7.11 Å². The largest absolute Gasteiger partial charge is 0.492 e. The van der Waals surface area contributed by atoms with Crippen LogP contribution in [0.2, 0.25) is 0 Å². The highest BCUT2D eigenvalue weighted by molar-refractivity contribution is 5.95. The Kier molecular flexibility index (Phi) is 7.10. The molecule has 0 atom stereocenters. The molecular formula is C21H33N3O3. The van der Waals surface area contributed by atoms with Gasteiger partial charge in [0.25, 0.3) is 0 Å². The normalized spacial score (nSPS) is 19.8. The Bertz CT molecular complexity index is 618. The fourth-order valence-corrected chi connectivity index (χ4v) is 4.06. The number of hydrogen-bond donors (Lipinski definition) is 2. The van der Waals surface area contributed by atoms with E-state index in [1.165, 1.54) is 25.9 Å². The van der Waals surface area contributed by atoms with E-state index in [9.17, 15) is 4.79 Å². The van der Waals surface area contributed by atoms with Crippen LogP contribution in [-0.4, -0.2) is 63.9 Å². The van der Waals surface area contributed by atoms with Gasteiger partial charge in [-0.2, -0.15) is 0 Å². The van der Waals surface area contributed by atoms with Gasteiger partial charge in [0.05, 0.1) is 12.0 Å². The Morgan fingerprint density at radius 3 is 2.67 bits per heavy atom. The van der Waals surface area contributed by atoms with Crippen molar-refractivity contribution in [3.8, 4) is 5.75 Å². The topological polar surface area (TPSA) is 62.8 Å². The van der Waals surface area contributed by atoms with Gasteiger partial charge in [-0.15, -0.1) is 0 Å². The number of benzene rings is 1. The van der Waals surface area contributed by atoms with Crippen LogP contribution in [0.4, 0.5) is 5.69 Å². The van der Waals surface area contributed by atoms with Crippen LogP contribution >= 0.6 is 0 Å². The molecule has 6 nitrogen and oxygen atoms in total. The summed E-state index contributed by atoms with van der Waals surface area (Å²) >= 11 is 0. The first-order chi connectivity index (χ1) is 13.1. The summed E-state index contributed by atoms with van der Waals surface area (Å²) in [4.78, 5) is 15.4. The number of ether oxygens (including phenoxy) is 2. The number of amides is 1. The Morgan fingerprint density at radius 1 is 1.26 bits per heavy atom.